The second kappa shape index (κ2) is 8.53. The Balaban J connectivity index is 1.76. The third-order valence-corrected chi connectivity index (χ3v) is 4.34. The molecule has 0 aliphatic rings. The van der Waals surface area contributed by atoms with E-state index in [4.69, 9.17) is 4.42 Å². The van der Waals surface area contributed by atoms with Crippen LogP contribution >= 0.6 is 15.9 Å². The van der Waals surface area contributed by atoms with E-state index in [9.17, 15) is 30.1 Å². The Labute approximate surface area is 176 Å². The van der Waals surface area contributed by atoms with Crippen LogP contribution in [0.15, 0.2) is 62.5 Å². The summed E-state index contributed by atoms with van der Waals surface area (Å²) in [6.45, 7) is 0. The first-order valence-corrected chi connectivity index (χ1v) is 8.90. The summed E-state index contributed by atoms with van der Waals surface area (Å²) in [4.78, 5) is 32.9. The normalized spacial score (nSPS) is 10.8. The van der Waals surface area contributed by atoms with Gasteiger partial charge in [-0.1, -0.05) is 15.9 Å². The van der Waals surface area contributed by atoms with Crippen molar-refractivity contribution in [2.24, 2.45) is 5.10 Å². The number of non-ortho nitro benzene ring substituents is 1. The van der Waals surface area contributed by atoms with Crippen molar-refractivity contribution in [2.45, 2.75) is 0 Å². The number of hydrogen-bond donors (Lipinski definition) is 2. The van der Waals surface area contributed by atoms with Crippen molar-refractivity contribution in [1.29, 1.82) is 0 Å². The van der Waals surface area contributed by atoms with Gasteiger partial charge in [0, 0.05) is 22.7 Å². The minimum atomic E-state index is -0.872. The number of nitrogens with one attached hydrogen (secondary N) is 1. The third kappa shape index (κ3) is 4.50. The van der Waals surface area contributed by atoms with E-state index >= 15 is 0 Å². The molecule has 0 fully saturated rings. The van der Waals surface area contributed by atoms with Crippen LogP contribution in [0.25, 0.3) is 11.3 Å². The molecular formula is C18H11BrN4O7. The number of nitro benzene ring substituents is 2. The molecule has 12 heteroatoms. The maximum atomic E-state index is 12.1. The monoisotopic (exact) mass is 474 g/mol. The van der Waals surface area contributed by atoms with Crippen LogP contribution in [-0.2, 0) is 0 Å². The Morgan fingerprint density at radius 3 is 2.57 bits per heavy atom. The standard InChI is InChI=1S/C18H11BrN4O7/c19-10-1-4-13(15(7-10)23(28)29)17-6-3-12(30-17)9-20-21-18(25)14-8-11(22(26)27)2-5-16(14)24/h1-9,24H,(H,21,25)/b20-9+. The molecule has 0 bridgehead atoms. The number of amides is 1. The van der Waals surface area contributed by atoms with Crippen LogP contribution in [-0.4, -0.2) is 27.1 Å². The predicted molar refractivity (Wildman–Crippen MR) is 108 cm³/mol. The van der Waals surface area contributed by atoms with E-state index < -0.39 is 21.5 Å². The highest BCUT2D eigenvalue weighted by Gasteiger charge is 2.19. The van der Waals surface area contributed by atoms with E-state index in [1.54, 1.807) is 6.07 Å². The van der Waals surface area contributed by atoms with Crippen LogP contribution in [0.2, 0.25) is 0 Å². The van der Waals surface area contributed by atoms with Gasteiger partial charge in [0.1, 0.15) is 17.3 Å². The van der Waals surface area contributed by atoms with Crippen LogP contribution in [0, 0.1) is 20.2 Å². The molecule has 11 nitrogen and oxygen atoms in total. The Bertz CT molecular complexity index is 1190. The molecule has 0 aliphatic heterocycles. The highest BCUT2D eigenvalue weighted by molar-refractivity contribution is 9.10. The van der Waals surface area contributed by atoms with E-state index in [0.29, 0.717) is 4.47 Å². The summed E-state index contributed by atoms with van der Waals surface area (Å²) < 4.78 is 6.04. The number of hydrazone groups is 1. The molecule has 0 saturated heterocycles. The lowest BCUT2D eigenvalue weighted by Crippen LogP contribution is -2.17. The fourth-order valence-electron chi connectivity index (χ4n) is 2.47. The van der Waals surface area contributed by atoms with Crippen LogP contribution in [0.1, 0.15) is 16.1 Å². The minimum Gasteiger partial charge on any atom is -0.507 e. The second-order valence-electron chi connectivity index (χ2n) is 5.78. The second-order valence-corrected chi connectivity index (χ2v) is 6.69. The number of furan rings is 1. The molecule has 2 N–H and O–H groups in total. The molecule has 0 spiro atoms. The number of benzene rings is 2. The van der Waals surface area contributed by atoms with Gasteiger partial charge in [0.05, 0.1) is 27.2 Å². The SMILES string of the molecule is O=C(N/N=C/c1ccc(-c2ccc(Br)cc2[N+](=O)[O-])o1)c1cc([N+](=O)[O-])ccc1O. The number of hydrogen-bond acceptors (Lipinski definition) is 8. The number of halogens is 1. The number of nitrogens with zero attached hydrogens (tertiary/aromatic N) is 3. The number of nitro groups is 2. The number of phenols is 1. The van der Waals surface area contributed by atoms with Crippen molar-refractivity contribution < 1.29 is 24.2 Å². The summed E-state index contributed by atoms with van der Waals surface area (Å²) in [6, 6.07) is 10.5. The number of aromatic hydroxyl groups is 1. The number of rotatable bonds is 6. The number of carbonyl (C=O) groups is 1. The van der Waals surface area contributed by atoms with E-state index in [2.05, 4.69) is 26.5 Å². The quantitative estimate of drug-likeness (QED) is 0.309. The van der Waals surface area contributed by atoms with Gasteiger partial charge in [0.25, 0.3) is 17.3 Å². The van der Waals surface area contributed by atoms with Crippen molar-refractivity contribution in [3.63, 3.8) is 0 Å². The van der Waals surface area contributed by atoms with Gasteiger partial charge in [-0.05, 0) is 30.3 Å². The average Bonchev–Trinajstić information content (AvgIpc) is 3.16. The van der Waals surface area contributed by atoms with Gasteiger partial charge in [-0.25, -0.2) is 5.43 Å². The average molecular weight is 475 g/mol. The molecule has 1 amide bonds. The van der Waals surface area contributed by atoms with Crippen molar-refractivity contribution in [1.82, 2.24) is 5.43 Å². The third-order valence-electron chi connectivity index (χ3n) is 3.84. The van der Waals surface area contributed by atoms with Crippen LogP contribution in [0.4, 0.5) is 11.4 Å². The Morgan fingerprint density at radius 1 is 1.10 bits per heavy atom. The molecular weight excluding hydrogens is 464 g/mol. The zero-order valence-electron chi connectivity index (χ0n) is 14.8. The zero-order chi connectivity index (χ0) is 21.8. The largest absolute Gasteiger partial charge is 0.507 e. The molecule has 3 rings (SSSR count). The first kappa shape index (κ1) is 20.7. The smallest absolute Gasteiger partial charge is 0.281 e. The minimum absolute atomic E-state index is 0.156. The lowest BCUT2D eigenvalue weighted by molar-refractivity contribution is -0.384. The lowest BCUT2D eigenvalue weighted by Gasteiger charge is -2.02. The Kier molecular flexibility index (Phi) is 5.88. The lowest BCUT2D eigenvalue weighted by atomic mass is 10.1. The van der Waals surface area contributed by atoms with Gasteiger partial charge in [-0.3, -0.25) is 25.0 Å². The predicted octanol–water partition coefficient (Wildman–Crippen LogP) is 4.00. The fourth-order valence-corrected chi connectivity index (χ4v) is 2.81. The van der Waals surface area contributed by atoms with Crippen molar-refractivity contribution >= 4 is 39.4 Å². The molecule has 0 unspecified atom stereocenters. The van der Waals surface area contributed by atoms with E-state index in [1.165, 1.54) is 24.3 Å². The summed E-state index contributed by atoms with van der Waals surface area (Å²) in [5, 5.41) is 35.4. The van der Waals surface area contributed by atoms with E-state index in [0.717, 1.165) is 24.4 Å². The highest BCUT2D eigenvalue weighted by atomic mass is 79.9. The highest BCUT2D eigenvalue weighted by Crippen LogP contribution is 2.33. The number of carbonyl (C=O) groups excluding carboxylic acids is 1. The van der Waals surface area contributed by atoms with Crippen molar-refractivity contribution in [2.75, 3.05) is 0 Å². The summed E-state index contributed by atoms with van der Waals surface area (Å²) >= 11 is 3.18. The molecule has 1 aromatic heterocycles. The van der Waals surface area contributed by atoms with E-state index in [1.807, 2.05) is 0 Å². The molecule has 0 saturated carbocycles. The number of phenolic OH excluding ortho intramolecular Hbond substituents is 1. The topological polar surface area (TPSA) is 161 Å². The van der Waals surface area contributed by atoms with Crippen molar-refractivity contribution in [3.05, 3.63) is 84.6 Å². The van der Waals surface area contributed by atoms with Crippen LogP contribution in [0.3, 0.4) is 0 Å². The van der Waals surface area contributed by atoms with Gasteiger partial charge in [0.15, 0.2) is 0 Å². The Morgan fingerprint density at radius 2 is 1.87 bits per heavy atom. The van der Waals surface area contributed by atoms with Gasteiger partial charge in [-0.2, -0.15) is 5.10 Å². The van der Waals surface area contributed by atoms with Gasteiger partial charge in [0.2, 0.25) is 0 Å². The summed E-state index contributed by atoms with van der Waals surface area (Å²) in [5.41, 5.74) is 1.52. The molecule has 3 aromatic rings. The van der Waals surface area contributed by atoms with Gasteiger partial charge >= 0.3 is 0 Å². The van der Waals surface area contributed by atoms with Crippen molar-refractivity contribution in [3.8, 4) is 17.1 Å². The molecule has 0 radical (unpaired) electrons. The van der Waals surface area contributed by atoms with Gasteiger partial charge in [-0.15, -0.1) is 0 Å². The van der Waals surface area contributed by atoms with E-state index in [-0.39, 0.29) is 34.0 Å². The summed E-state index contributed by atoms with van der Waals surface area (Å²) in [5.74, 6) is -0.914. The first-order chi connectivity index (χ1) is 14.3. The zero-order valence-corrected chi connectivity index (χ0v) is 16.4. The molecule has 2 aromatic carbocycles. The maximum absolute atomic E-state index is 12.1. The molecule has 0 atom stereocenters. The summed E-state index contributed by atoms with van der Waals surface area (Å²) in [6.07, 6.45) is 1.14. The maximum Gasteiger partial charge on any atom is 0.281 e. The molecule has 152 valence electrons. The van der Waals surface area contributed by atoms with Crippen LogP contribution in [0.5, 0.6) is 5.75 Å². The Hall–Kier alpha value is -4.06. The molecule has 30 heavy (non-hydrogen) atoms. The molecule has 0 aliphatic carbocycles. The first-order valence-electron chi connectivity index (χ1n) is 8.11. The van der Waals surface area contributed by atoms with Crippen LogP contribution < -0.4 is 5.43 Å². The van der Waals surface area contributed by atoms with Gasteiger partial charge < -0.3 is 9.52 Å². The molecule has 1 heterocycles. The summed E-state index contributed by atoms with van der Waals surface area (Å²) in [7, 11) is 0. The fraction of sp³-hybridized carbons (Fsp3) is 0.